The van der Waals surface area contributed by atoms with Crippen LogP contribution in [0.2, 0.25) is 0 Å². The molecule has 1 aromatic rings. The Morgan fingerprint density at radius 2 is 1.45 bits per heavy atom. The van der Waals surface area contributed by atoms with Crippen molar-refractivity contribution in [2.45, 2.75) is 51.4 Å². The Labute approximate surface area is 171 Å². The first-order valence-electron chi connectivity index (χ1n) is 10.4. The smallest absolute Gasteiger partial charge is 0.330 e. The van der Waals surface area contributed by atoms with Gasteiger partial charge in [-0.2, -0.15) is 0 Å². The number of carbonyl (C=O) groups excluding carboxylic acids is 2. The van der Waals surface area contributed by atoms with E-state index in [4.69, 9.17) is 14.6 Å². The zero-order valence-corrected chi connectivity index (χ0v) is 16.8. The van der Waals surface area contributed by atoms with Gasteiger partial charge < -0.3 is 14.6 Å². The molecule has 1 saturated carbocycles. The predicted octanol–water partition coefficient (Wildman–Crippen LogP) is 4.24. The SMILES string of the molecule is O=C(C=Cc1ccccc1)OCCCCCCOC(=O)[C@H]1CC[C@H](C(=O)O)CC1. The lowest BCUT2D eigenvalue weighted by Crippen LogP contribution is -2.27. The third-order valence-corrected chi connectivity index (χ3v) is 5.15. The van der Waals surface area contributed by atoms with Crippen LogP contribution < -0.4 is 0 Å². The standard InChI is InChI=1S/C23H30O6/c24-21(15-10-18-8-4-3-5-9-18)28-16-6-1-2-7-17-29-23(27)20-13-11-19(12-14-20)22(25)26/h3-5,8-10,15,19-20H,1-2,6-7,11-14,16-17H2,(H,25,26)/t19-,20-. The number of ether oxygens (including phenoxy) is 2. The van der Waals surface area contributed by atoms with Crippen LogP contribution in [0.4, 0.5) is 0 Å². The molecule has 0 heterocycles. The molecule has 0 atom stereocenters. The quantitative estimate of drug-likeness (QED) is 0.338. The molecule has 0 aliphatic heterocycles. The van der Waals surface area contributed by atoms with Crippen LogP contribution in [0.15, 0.2) is 36.4 Å². The molecule has 0 unspecified atom stereocenters. The molecule has 1 aliphatic rings. The number of rotatable bonds is 11. The van der Waals surface area contributed by atoms with Gasteiger partial charge in [-0.1, -0.05) is 30.3 Å². The van der Waals surface area contributed by atoms with E-state index in [2.05, 4.69) is 0 Å². The molecule has 6 nitrogen and oxygen atoms in total. The highest BCUT2D eigenvalue weighted by Crippen LogP contribution is 2.29. The van der Waals surface area contributed by atoms with Gasteiger partial charge >= 0.3 is 17.9 Å². The number of hydrogen-bond donors (Lipinski definition) is 1. The summed E-state index contributed by atoms with van der Waals surface area (Å²) in [6, 6.07) is 9.57. The van der Waals surface area contributed by atoms with Crippen molar-refractivity contribution < 1.29 is 29.0 Å². The summed E-state index contributed by atoms with van der Waals surface area (Å²) in [7, 11) is 0. The Balaban J connectivity index is 1.45. The molecule has 0 saturated heterocycles. The average Bonchev–Trinajstić information content (AvgIpc) is 2.74. The summed E-state index contributed by atoms with van der Waals surface area (Å²) in [6.45, 7) is 0.766. The van der Waals surface area contributed by atoms with Crippen LogP contribution in [-0.4, -0.2) is 36.2 Å². The van der Waals surface area contributed by atoms with E-state index in [0.717, 1.165) is 31.2 Å². The zero-order chi connectivity index (χ0) is 20.9. The molecule has 0 amide bonds. The normalized spacial score (nSPS) is 19.0. The van der Waals surface area contributed by atoms with Crippen LogP contribution in [0.5, 0.6) is 0 Å². The molecule has 1 aromatic carbocycles. The van der Waals surface area contributed by atoms with Crippen molar-refractivity contribution in [1.82, 2.24) is 0 Å². The number of hydrogen-bond acceptors (Lipinski definition) is 5. The van der Waals surface area contributed by atoms with Crippen molar-refractivity contribution in [2.24, 2.45) is 11.8 Å². The molecule has 158 valence electrons. The van der Waals surface area contributed by atoms with Gasteiger partial charge in [-0.05, 0) is 63.0 Å². The summed E-state index contributed by atoms with van der Waals surface area (Å²) in [5, 5.41) is 8.98. The van der Waals surface area contributed by atoms with Crippen molar-refractivity contribution in [3.63, 3.8) is 0 Å². The van der Waals surface area contributed by atoms with Crippen LogP contribution >= 0.6 is 0 Å². The van der Waals surface area contributed by atoms with Gasteiger partial charge in [0.2, 0.25) is 0 Å². The Hall–Kier alpha value is -2.63. The van der Waals surface area contributed by atoms with Crippen LogP contribution in [0.1, 0.15) is 56.9 Å². The fraction of sp³-hybridized carbons (Fsp3) is 0.522. The number of unbranched alkanes of at least 4 members (excludes halogenated alkanes) is 3. The Morgan fingerprint density at radius 1 is 0.862 bits per heavy atom. The number of carboxylic acids is 1. The molecule has 1 aliphatic carbocycles. The Morgan fingerprint density at radius 3 is 2.07 bits per heavy atom. The lowest BCUT2D eigenvalue weighted by Gasteiger charge is -2.24. The highest BCUT2D eigenvalue weighted by atomic mass is 16.5. The molecule has 1 fully saturated rings. The van der Waals surface area contributed by atoms with Gasteiger partial charge in [0.05, 0.1) is 25.0 Å². The lowest BCUT2D eigenvalue weighted by molar-refractivity contribution is -0.152. The first kappa shape index (κ1) is 22.7. The first-order valence-corrected chi connectivity index (χ1v) is 10.4. The van der Waals surface area contributed by atoms with E-state index in [1.807, 2.05) is 30.3 Å². The minimum atomic E-state index is -0.769. The fourth-order valence-electron chi connectivity index (χ4n) is 3.37. The summed E-state index contributed by atoms with van der Waals surface area (Å²) in [5.41, 5.74) is 0.953. The summed E-state index contributed by atoms with van der Waals surface area (Å²) < 4.78 is 10.5. The van der Waals surface area contributed by atoms with Gasteiger partial charge in [0.15, 0.2) is 0 Å². The van der Waals surface area contributed by atoms with E-state index in [1.165, 1.54) is 6.08 Å². The van der Waals surface area contributed by atoms with Gasteiger partial charge in [0.1, 0.15) is 0 Å². The number of esters is 2. The van der Waals surface area contributed by atoms with Crippen LogP contribution in [-0.2, 0) is 23.9 Å². The van der Waals surface area contributed by atoms with Gasteiger partial charge in [-0.25, -0.2) is 4.79 Å². The number of aliphatic carboxylic acids is 1. The van der Waals surface area contributed by atoms with Crippen molar-refractivity contribution in [3.05, 3.63) is 42.0 Å². The largest absolute Gasteiger partial charge is 0.481 e. The second-order valence-corrected chi connectivity index (χ2v) is 7.38. The molecular formula is C23H30O6. The molecular weight excluding hydrogens is 372 g/mol. The maximum atomic E-state index is 12.0. The van der Waals surface area contributed by atoms with Crippen molar-refractivity contribution in [3.8, 4) is 0 Å². The van der Waals surface area contributed by atoms with Gasteiger partial charge in [-0.3, -0.25) is 9.59 Å². The molecule has 0 aromatic heterocycles. The topological polar surface area (TPSA) is 89.9 Å². The third-order valence-electron chi connectivity index (χ3n) is 5.15. The van der Waals surface area contributed by atoms with Crippen LogP contribution in [0, 0.1) is 11.8 Å². The fourth-order valence-corrected chi connectivity index (χ4v) is 3.37. The van der Waals surface area contributed by atoms with Crippen LogP contribution in [0.25, 0.3) is 6.08 Å². The van der Waals surface area contributed by atoms with E-state index in [9.17, 15) is 14.4 Å². The number of benzene rings is 1. The molecule has 29 heavy (non-hydrogen) atoms. The average molecular weight is 402 g/mol. The molecule has 0 radical (unpaired) electrons. The minimum absolute atomic E-state index is 0.158. The number of carboxylic acid groups (broad SMARTS) is 1. The number of carbonyl (C=O) groups is 3. The predicted molar refractivity (Wildman–Crippen MR) is 109 cm³/mol. The maximum Gasteiger partial charge on any atom is 0.330 e. The summed E-state index contributed by atoms with van der Waals surface area (Å²) in [5.74, 6) is -1.79. The minimum Gasteiger partial charge on any atom is -0.481 e. The third kappa shape index (κ3) is 8.94. The summed E-state index contributed by atoms with van der Waals surface area (Å²) in [4.78, 5) is 34.6. The highest BCUT2D eigenvalue weighted by molar-refractivity contribution is 5.87. The summed E-state index contributed by atoms with van der Waals surface area (Å²) in [6.07, 6.45) is 8.80. The van der Waals surface area contributed by atoms with Crippen LogP contribution in [0.3, 0.4) is 0 Å². The Bertz CT molecular complexity index is 674. The molecule has 6 heteroatoms. The van der Waals surface area contributed by atoms with E-state index >= 15 is 0 Å². The first-order chi connectivity index (χ1) is 14.1. The van der Waals surface area contributed by atoms with E-state index < -0.39 is 5.97 Å². The highest BCUT2D eigenvalue weighted by Gasteiger charge is 2.30. The second-order valence-electron chi connectivity index (χ2n) is 7.38. The van der Waals surface area contributed by atoms with Gasteiger partial charge in [0, 0.05) is 6.08 Å². The molecule has 1 N–H and O–H groups in total. The molecule has 0 spiro atoms. The Kier molecular flexibility index (Phi) is 9.96. The van der Waals surface area contributed by atoms with Gasteiger partial charge in [-0.15, -0.1) is 0 Å². The maximum absolute atomic E-state index is 12.0. The molecule has 0 bridgehead atoms. The van der Waals surface area contributed by atoms with Crippen molar-refractivity contribution in [1.29, 1.82) is 0 Å². The van der Waals surface area contributed by atoms with Crippen molar-refractivity contribution in [2.75, 3.05) is 13.2 Å². The lowest BCUT2D eigenvalue weighted by atomic mass is 9.82. The molecule has 2 rings (SSSR count). The van der Waals surface area contributed by atoms with E-state index in [-0.39, 0.29) is 23.8 Å². The van der Waals surface area contributed by atoms with E-state index in [0.29, 0.717) is 38.9 Å². The zero-order valence-electron chi connectivity index (χ0n) is 16.8. The van der Waals surface area contributed by atoms with E-state index in [1.54, 1.807) is 6.08 Å². The van der Waals surface area contributed by atoms with Gasteiger partial charge in [0.25, 0.3) is 0 Å². The summed E-state index contributed by atoms with van der Waals surface area (Å²) >= 11 is 0. The van der Waals surface area contributed by atoms with Crippen molar-refractivity contribution >= 4 is 24.0 Å². The second kappa shape index (κ2) is 12.8. The monoisotopic (exact) mass is 402 g/mol.